The predicted molar refractivity (Wildman–Crippen MR) is 88.2 cm³/mol. The van der Waals surface area contributed by atoms with Gasteiger partial charge in [-0.2, -0.15) is 0 Å². The molecule has 0 aliphatic heterocycles. The van der Waals surface area contributed by atoms with Crippen molar-refractivity contribution >= 4 is 12.1 Å². The van der Waals surface area contributed by atoms with E-state index in [9.17, 15) is 9.59 Å². The molecule has 0 saturated carbocycles. The summed E-state index contributed by atoms with van der Waals surface area (Å²) in [5.74, 6) is -0.347. The van der Waals surface area contributed by atoms with E-state index < -0.39 is 11.7 Å². The third-order valence-electron chi connectivity index (χ3n) is 2.93. The fourth-order valence-corrected chi connectivity index (χ4v) is 1.97. The molecule has 0 aliphatic rings. The Labute approximate surface area is 137 Å². The molecule has 0 heterocycles. The number of hydrogen-bond donors (Lipinski definition) is 2. The minimum absolute atomic E-state index is 0.0950. The van der Waals surface area contributed by atoms with Crippen molar-refractivity contribution < 1.29 is 19.1 Å². The van der Waals surface area contributed by atoms with Gasteiger partial charge in [0, 0.05) is 12.6 Å². The highest BCUT2D eigenvalue weighted by Gasteiger charge is 2.19. The van der Waals surface area contributed by atoms with Crippen LogP contribution in [0.25, 0.3) is 0 Å². The lowest BCUT2D eigenvalue weighted by Crippen LogP contribution is -2.46. The van der Waals surface area contributed by atoms with Crippen LogP contribution in [0, 0.1) is 0 Å². The molecule has 1 atom stereocenters. The maximum Gasteiger partial charge on any atom is 0.407 e. The lowest BCUT2D eigenvalue weighted by molar-refractivity contribution is -0.139. The van der Waals surface area contributed by atoms with Crippen molar-refractivity contribution in [2.24, 2.45) is 0 Å². The van der Waals surface area contributed by atoms with E-state index in [4.69, 9.17) is 4.74 Å². The first-order valence-electron chi connectivity index (χ1n) is 7.61. The molecule has 0 spiro atoms. The molecule has 1 aromatic carbocycles. The fourth-order valence-electron chi connectivity index (χ4n) is 1.97. The summed E-state index contributed by atoms with van der Waals surface area (Å²) in [6, 6.07) is 9.62. The third kappa shape index (κ3) is 8.83. The number of alkyl carbamates (subject to hydrolysis) is 1. The van der Waals surface area contributed by atoms with Crippen LogP contribution in [0.3, 0.4) is 0 Å². The minimum atomic E-state index is -0.555. The third-order valence-corrected chi connectivity index (χ3v) is 2.93. The first kappa shape index (κ1) is 19.0. The Hall–Kier alpha value is -2.08. The molecule has 0 radical (unpaired) electrons. The van der Waals surface area contributed by atoms with Gasteiger partial charge in [0.1, 0.15) is 5.60 Å². The van der Waals surface area contributed by atoms with Crippen molar-refractivity contribution in [2.75, 3.05) is 20.2 Å². The number of rotatable bonds is 7. The summed E-state index contributed by atoms with van der Waals surface area (Å²) in [4.78, 5) is 23.1. The standard InChI is InChI=1S/C17H26N2O4/c1-17(2,3)23-16(21)19-14(11-18-12-15(20)22-4)10-13-8-6-5-7-9-13/h5-9,14,18H,10-12H2,1-4H3,(H,19,21). The van der Waals surface area contributed by atoms with Crippen LogP contribution < -0.4 is 10.6 Å². The van der Waals surface area contributed by atoms with Crippen molar-refractivity contribution in [3.63, 3.8) is 0 Å². The van der Waals surface area contributed by atoms with Crippen molar-refractivity contribution in [1.29, 1.82) is 0 Å². The van der Waals surface area contributed by atoms with Crippen LogP contribution in [0.2, 0.25) is 0 Å². The Morgan fingerprint density at radius 1 is 1.17 bits per heavy atom. The number of methoxy groups -OCH3 is 1. The Morgan fingerprint density at radius 2 is 1.83 bits per heavy atom. The highest BCUT2D eigenvalue weighted by Crippen LogP contribution is 2.08. The lowest BCUT2D eigenvalue weighted by Gasteiger charge is -2.24. The number of carbonyl (C=O) groups is 2. The molecule has 0 aromatic heterocycles. The minimum Gasteiger partial charge on any atom is -0.468 e. The summed E-state index contributed by atoms with van der Waals surface area (Å²) in [6.07, 6.45) is 0.159. The van der Waals surface area contributed by atoms with Gasteiger partial charge >= 0.3 is 12.1 Å². The predicted octanol–water partition coefficient (Wildman–Crippen LogP) is 1.88. The average Bonchev–Trinajstić information content (AvgIpc) is 2.45. The summed E-state index contributed by atoms with van der Waals surface area (Å²) in [7, 11) is 1.34. The zero-order valence-corrected chi connectivity index (χ0v) is 14.2. The van der Waals surface area contributed by atoms with E-state index in [1.54, 1.807) is 0 Å². The molecule has 1 aromatic rings. The van der Waals surface area contributed by atoms with Gasteiger partial charge in [-0.3, -0.25) is 4.79 Å². The van der Waals surface area contributed by atoms with Gasteiger partial charge in [0.2, 0.25) is 0 Å². The van der Waals surface area contributed by atoms with E-state index in [1.807, 2.05) is 51.1 Å². The van der Waals surface area contributed by atoms with Gasteiger partial charge in [0.05, 0.1) is 13.7 Å². The molecule has 6 nitrogen and oxygen atoms in total. The molecule has 1 unspecified atom stereocenters. The van der Waals surface area contributed by atoms with Crippen molar-refractivity contribution in [2.45, 2.75) is 38.8 Å². The summed E-state index contributed by atoms with van der Waals surface area (Å²) in [6.45, 7) is 5.97. The Balaban J connectivity index is 2.60. The molecule has 6 heteroatoms. The van der Waals surface area contributed by atoms with Crippen LogP contribution in [0.4, 0.5) is 4.79 Å². The van der Waals surface area contributed by atoms with E-state index >= 15 is 0 Å². The van der Waals surface area contributed by atoms with E-state index in [2.05, 4.69) is 15.4 Å². The number of carbonyl (C=O) groups excluding carboxylic acids is 2. The van der Waals surface area contributed by atoms with Crippen LogP contribution in [0.1, 0.15) is 26.3 Å². The van der Waals surface area contributed by atoms with E-state index in [1.165, 1.54) is 7.11 Å². The first-order chi connectivity index (χ1) is 10.8. The largest absolute Gasteiger partial charge is 0.468 e. The lowest BCUT2D eigenvalue weighted by atomic mass is 10.1. The molecule has 0 saturated heterocycles. The molecule has 128 valence electrons. The normalized spacial score (nSPS) is 12.3. The molecule has 0 aliphatic carbocycles. The zero-order chi connectivity index (χ0) is 17.3. The summed E-state index contributed by atoms with van der Waals surface area (Å²) < 4.78 is 9.87. The molecule has 1 rings (SSSR count). The molecular weight excluding hydrogens is 296 g/mol. The molecule has 23 heavy (non-hydrogen) atoms. The molecular formula is C17H26N2O4. The second kappa shape index (κ2) is 9.15. The smallest absolute Gasteiger partial charge is 0.407 e. The van der Waals surface area contributed by atoms with Crippen LogP contribution >= 0.6 is 0 Å². The number of amides is 1. The maximum absolute atomic E-state index is 12.0. The van der Waals surface area contributed by atoms with E-state index in [0.29, 0.717) is 13.0 Å². The second-order valence-electron chi connectivity index (χ2n) is 6.24. The van der Waals surface area contributed by atoms with Gasteiger partial charge < -0.3 is 20.1 Å². The highest BCUT2D eigenvalue weighted by atomic mass is 16.6. The molecule has 0 bridgehead atoms. The highest BCUT2D eigenvalue weighted by molar-refractivity contribution is 5.71. The monoisotopic (exact) mass is 322 g/mol. The van der Waals surface area contributed by atoms with E-state index in [0.717, 1.165) is 5.56 Å². The average molecular weight is 322 g/mol. The van der Waals surface area contributed by atoms with Crippen LogP contribution in [0.15, 0.2) is 30.3 Å². The number of benzene rings is 1. The first-order valence-corrected chi connectivity index (χ1v) is 7.61. The van der Waals surface area contributed by atoms with Gasteiger partial charge in [-0.25, -0.2) is 4.79 Å². The number of hydrogen-bond acceptors (Lipinski definition) is 5. The van der Waals surface area contributed by atoms with Gasteiger partial charge in [0.25, 0.3) is 0 Å². The summed E-state index contributed by atoms with van der Waals surface area (Å²) >= 11 is 0. The van der Waals surface area contributed by atoms with Gasteiger partial charge in [-0.15, -0.1) is 0 Å². The number of esters is 1. The van der Waals surface area contributed by atoms with Gasteiger partial charge in [0.15, 0.2) is 0 Å². The number of nitrogens with one attached hydrogen (secondary N) is 2. The van der Waals surface area contributed by atoms with Crippen molar-refractivity contribution in [3.8, 4) is 0 Å². The van der Waals surface area contributed by atoms with Crippen molar-refractivity contribution in [3.05, 3.63) is 35.9 Å². The zero-order valence-electron chi connectivity index (χ0n) is 14.2. The Bertz CT molecular complexity index is 497. The molecule has 2 N–H and O–H groups in total. The molecule has 1 amide bonds. The maximum atomic E-state index is 12.0. The summed E-state index contributed by atoms with van der Waals surface area (Å²) in [5, 5.41) is 5.82. The quantitative estimate of drug-likeness (QED) is 0.750. The van der Waals surface area contributed by atoms with Crippen LogP contribution in [-0.2, 0) is 20.7 Å². The number of ether oxygens (including phenoxy) is 2. The SMILES string of the molecule is COC(=O)CNCC(Cc1ccccc1)NC(=O)OC(C)(C)C. The Kier molecular flexibility index (Phi) is 7.54. The Morgan fingerprint density at radius 3 is 2.39 bits per heavy atom. The van der Waals surface area contributed by atoms with Crippen molar-refractivity contribution in [1.82, 2.24) is 10.6 Å². The van der Waals surface area contributed by atoms with Crippen LogP contribution in [-0.4, -0.2) is 43.9 Å². The topological polar surface area (TPSA) is 76.7 Å². The van der Waals surface area contributed by atoms with Gasteiger partial charge in [-0.1, -0.05) is 30.3 Å². The molecule has 0 fully saturated rings. The second-order valence-corrected chi connectivity index (χ2v) is 6.24. The van der Waals surface area contributed by atoms with Gasteiger partial charge in [-0.05, 0) is 32.8 Å². The van der Waals surface area contributed by atoms with Crippen LogP contribution in [0.5, 0.6) is 0 Å². The summed E-state index contributed by atoms with van der Waals surface area (Å²) in [5.41, 5.74) is 0.536. The van der Waals surface area contributed by atoms with E-state index in [-0.39, 0.29) is 18.6 Å². The fraction of sp³-hybridized carbons (Fsp3) is 0.529.